The van der Waals surface area contributed by atoms with Crippen LogP contribution in [0, 0.1) is 0 Å². The number of rotatable bonds is 3. The molecule has 1 nitrogen and oxygen atoms in total. The summed E-state index contributed by atoms with van der Waals surface area (Å²) in [7, 11) is 0. The fraction of sp³-hybridized carbons (Fsp3) is 0.200. The molecule has 1 saturated heterocycles. The molecule has 0 saturated carbocycles. The number of ether oxygens (including phenoxy) is 1. The minimum absolute atomic E-state index is 0.00959. The molecule has 3 aromatic carbocycles. The van der Waals surface area contributed by atoms with Crippen molar-refractivity contribution in [3.8, 4) is 0 Å². The highest BCUT2D eigenvalue weighted by Gasteiger charge is 2.30. The molecule has 1 aliphatic rings. The minimum Gasteiger partial charge on any atom is -0.361 e. The highest BCUT2D eigenvalue weighted by atomic mass is 16.5. The van der Waals surface area contributed by atoms with Gasteiger partial charge >= 0.3 is 0 Å². The molecule has 0 radical (unpaired) electrons. The lowest BCUT2D eigenvalue weighted by molar-refractivity contribution is -0.0218. The Morgan fingerprint density at radius 3 is 1.88 bits per heavy atom. The standard InChI is InChI=1S/C25H24O/c1-19(20-11-5-2-6-12-20)23-17-18-24(21-13-7-3-8-14-21)26-25(23)22-15-9-4-10-16-22/h2-16,24-25H,17-18H2,1H3/b23-19+/t24-,25-/m0/s1. The van der Waals surface area contributed by atoms with E-state index in [0.717, 1.165) is 12.8 Å². The van der Waals surface area contributed by atoms with Crippen LogP contribution in [0.1, 0.15) is 48.7 Å². The first-order valence-corrected chi connectivity index (χ1v) is 9.33. The summed E-state index contributed by atoms with van der Waals surface area (Å²) >= 11 is 0. The van der Waals surface area contributed by atoms with Gasteiger partial charge in [-0.2, -0.15) is 0 Å². The third-order valence-corrected chi connectivity index (χ3v) is 5.25. The SMILES string of the molecule is C/C(=C1/CC[C@@H](c2ccccc2)O[C@H]1c1ccccc1)c1ccccc1. The van der Waals surface area contributed by atoms with E-state index in [-0.39, 0.29) is 12.2 Å². The van der Waals surface area contributed by atoms with Crippen LogP contribution in [0.3, 0.4) is 0 Å². The second-order valence-electron chi connectivity index (χ2n) is 6.88. The van der Waals surface area contributed by atoms with Gasteiger partial charge in [0.25, 0.3) is 0 Å². The Morgan fingerprint density at radius 1 is 0.731 bits per heavy atom. The number of hydrogen-bond donors (Lipinski definition) is 0. The molecule has 0 N–H and O–H groups in total. The van der Waals surface area contributed by atoms with Crippen molar-refractivity contribution in [2.75, 3.05) is 0 Å². The lowest BCUT2D eigenvalue weighted by Gasteiger charge is -2.34. The second-order valence-corrected chi connectivity index (χ2v) is 6.88. The van der Waals surface area contributed by atoms with Crippen LogP contribution in [0.25, 0.3) is 5.57 Å². The molecule has 2 atom stereocenters. The predicted octanol–water partition coefficient (Wildman–Crippen LogP) is 6.75. The summed E-state index contributed by atoms with van der Waals surface area (Å²) in [5.74, 6) is 0. The molecular weight excluding hydrogens is 316 g/mol. The Hall–Kier alpha value is -2.64. The van der Waals surface area contributed by atoms with E-state index in [1.165, 1.54) is 27.8 Å². The normalized spacial score (nSPS) is 22.0. The fourth-order valence-electron chi connectivity index (χ4n) is 3.81. The van der Waals surface area contributed by atoms with Gasteiger partial charge in [0, 0.05) is 0 Å². The van der Waals surface area contributed by atoms with Crippen LogP contribution in [-0.2, 0) is 4.74 Å². The summed E-state index contributed by atoms with van der Waals surface area (Å²) in [6.45, 7) is 2.23. The maximum Gasteiger partial charge on any atom is 0.105 e. The van der Waals surface area contributed by atoms with Gasteiger partial charge in [-0.25, -0.2) is 0 Å². The van der Waals surface area contributed by atoms with Gasteiger partial charge in [-0.3, -0.25) is 0 Å². The van der Waals surface area contributed by atoms with Crippen LogP contribution in [0.2, 0.25) is 0 Å². The maximum atomic E-state index is 6.66. The first kappa shape index (κ1) is 16.8. The van der Waals surface area contributed by atoms with Crippen LogP contribution < -0.4 is 0 Å². The maximum absolute atomic E-state index is 6.66. The van der Waals surface area contributed by atoms with Crippen molar-refractivity contribution in [1.82, 2.24) is 0 Å². The number of benzene rings is 3. The predicted molar refractivity (Wildman–Crippen MR) is 108 cm³/mol. The molecular formula is C25H24O. The summed E-state index contributed by atoms with van der Waals surface area (Å²) in [6.07, 6.45) is 2.23. The van der Waals surface area contributed by atoms with Crippen molar-refractivity contribution in [1.29, 1.82) is 0 Å². The smallest absolute Gasteiger partial charge is 0.105 e. The average Bonchev–Trinajstić information content (AvgIpc) is 2.75. The van der Waals surface area contributed by atoms with E-state index in [9.17, 15) is 0 Å². The van der Waals surface area contributed by atoms with E-state index >= 15 is 0 Å². The van der Waals surface area contributed by atoms with Gasteiger partial charge < -0.3 is 4.74 Å². The van der Waals surface area contributed by atoms with Crippen molar-refractivity contribution >= 4 is 5.57 Å². The lowest BCUT2D eigenvalue weighted by atomic mass is 9.86. The number of allylic oxidation sites excluding steroid dienone is 1. The van der Waals surface area contributed by atoms with E-state index in [1.54, 1.807) is 0 Å². The van der Waals surface area contributed by atoms with Gasteiger partial charge in [-0.1, -0.05) is 91.0 Å². The van der Waals surface area contributed by atoms with Crippen LogP contribution in [0.4, 0.5) is 0 Å². The van der Waals surface area contributed by atoms with Gasteiger partial charge in [0.2, 0.25) is 0 Å². The second kappa shape index (κ2) is 7.72. The topological polar surface area (TPSA) is 9.23 Å². The van der Waals surface area contributed by atoms with Gasteiger partial charge in [0.05, 0.1) is 6.10 Å². The summed E-state index contributed by atoms with van der Waals surface area (Å²) in [6, 6.07) is 31.9. The molecule has 0 aliphatic carbocycles. The molecule has 0 amide bonds. The van der Waals surface area contributed by atoms with Crippen molar-refractivity contribution in [2.45, 2.75) is 32.0 Å². The molecule has 1 fully saturated rings. The molecule has 3 aromatic rings. The lowest BCUT2D eigenvalue weighted by Crippen LogP contribution is -2.19. The van der Waals surface area contributed by atoms with Gasteiger partial charge in [-0.05, 0) is 47.6 Å². The van der Waals surface area contributed by atoms with Gasteiger partial charge in [0.15, 0.2) is 0 Å². The molecule has 1 heteroatoms. The van der Waals surface area contributed by atoms with Gasteiger partial charge in [-0.15, -0.1) is 0 Å². The average molecular weight is 340 g/mol. The van der Waals surface area contributed by atoms with Crippen molar-refractivity contribution in [3.05, 3.63) is 113 Å². The summed E-state index contributed by atoms with van der Waals surface area (Å²) < 4.78 is 6.66. The fourth-order valence-corrected chi connectivity index (χ4v) is 3.81. The van der Waals surface area contributed by atoms with Crippen LogP contribution >= 0.6 is 0 Å². The molecule has 1 heterocycles. The van der Waals surface area contributed by atoms with E-state index in [0.29, 0.717) is 0 Å². The number of hydrogen-bond acceptors (Lipinski definition) is 1. The Labute approximate surface area is 156 Å². The third-order valence-electron chi connectivity index (χ3n) is 5.25. The van der Waals surface area contributed by atoms with E-state index in [4.69, 9.17) is 4.74 Å². The first-order chi connectivity index (χ1) is 12.8. The molecule has 4 rings (SSSR count). The zero-order valence-corrected chi connectivity index (χ0v) is 15.1. The molecule has 0 unspecified atom stereocenters. The van der Waals surface area contributed by atoms with Crippen molar-refractivity contribution < 1.29 is 4.74 Å². The summed E-state index contributed by atoms with van der Waals surface area (Å²) in [4.78, 5) is 0. The van der Waals surface area contributed by atoms with Gasteiger partial charge in [0.1, 0.15) is 6.10 Å². The van der Waals surface area contributed by atoms with Crippen LogP contribution in [0.15, 0.2) is 96.6 Å². The largest absolute Gasteiger partial charge is 0.361 e. The Kier molecular flexibility index (Phi) is 4.99. The zero-order valence-electron chi connectivity index (χ0n) is 15.1. The minimum atomic E-state index is 0.00959. The van der Waals surface area contributed by atoms with E-state index in [2.05, 4.69) is 97.9 Å². The van der Waals surface area contributed by atoms with E-state index in [1.807, 2.05) is 0 Å². The molecule has 0 bridgehead atoms. The molecule has 0 spiro atoms. The Morgan fingerprint density at radius 2 is 1.27 bits per heavy atom. The van der Waals surface area contributed by atoms with Crippen molar-refractivity contribution in [2.24, 2.45) is 0 Å². The molecule has 1 aliphatic heterocycles. The highest BCUT2D eigenvalue weighted by Crippen LogP contribution is 2.44. The first-order valence-electron chi connectivity index (χ1n) is 9.33. The molecule has 26 heavy (non-hydrogen) atoms. The summed E-state index contributed by atoms with van der Waals surface area (Å²) in [5, 5.41) is 0. The zero-order chi connectivity index (χ0) is 17.8. The Balaban J connectivity index is 1.73. The quantitative estimate of drug-likeness (QED) is 0.512. The monoisotopic (exact) mass is 340 g/mol. The highest BCUT2D eigenvalue weighted by molar-refractivity contribution is 5.68. The summed E-state index contributed by atoms with van der Waals surface area (Å²) in [5.41, 5.74) is 6.52. The molecule has 0 aromatic heterocycles. The van der Waals surface area contributed by atoms with Crippen molar-refractivity contribution in [3.63, 3.8) is 0 Å². The van der Waals surface area contributed by atoms with Crippen LogP contribution in [-0.4, -0.2) is 0 Å². The molecule has 130 valence electrons. The Bertz CT molecular complexity index is 866. The van der Waals surface area contributed by atoms with Crippen LogP contribution in [0.5, 0.6) is 0 Å². The third kappa shape index (κ3) is 3.49. The van der Waals surface area contributed by atoms with E-state index < -0.39 is 0 Å².